The van der Waals surface area contributed by atoms with E-state index in [0.29, 0.717) is 12.1 Å². The molecule has 4 rings (SSSR count). The minimum absolute atomic E-state index is 0.0199. The minimum atomic E-state index is -0.0199. The van der Waals surface area contributed by atoms with Gasteiger partial charge in [-0.05, 0) is 63.6 Å². The van der Waals surface area contributed by atoms with Crippen molar-refractivity contribution in [3.05, 3.63) is 35.9 Å². The fourth-order valence-electron chi connectivity index (χ4n) is 4.98. The quantitative estimate of drug-likeness (QED) is 0.802. The maximum absolute atomic E-state index is 13.1. The maximum Gasteiger partial charge on any atom is 0.230 e. The van der Waals surface area contributed by atoms with Gasteiger partial charge in [-0.2, -0.15) is 0 Å². The van der Waals surface area contributed by atoms with E-state index < -0.39 is 0 Å². The van der Waals surface area contributed by atoms with Crippen LogP contribution in [0.15, 0.2) is 30.3 Å². The number of rotatable bonds is 6. The summed E-state index contributed by atoms with van der Waals surface area (Å²) in [5.41, 5.74) is 1.13. The first-order valence-corrected chi connectivity index (χ1v) is 11.5. The summed E-state index contributed by atoms with van der Waals surface area (Å²) in [6.45, 7) is 5.85. The zero-order valence-corrected chi connectivity index (χ0v) is 17.7. The smallest absolute Gasteiger partial charge is 0.230 e. The summed E-state index contributed by atoms with van der Waals surface area (Å²) < 4.78 is 0. The van der Waals surface area contributed by atoms with Gasteiger partial charge in [0, 0.05) is 31.1 Å². The van der Waals surface area contributed by atoms with Crippen LogP contribution < -0.4 is 5.32 Å². The van der Waals surface area contributed by atoms with Crippen LogP contribution in [0.25, 0.3) is 0 Å². The zero-order valence-electron chi connectivity index (χ0n) is 17.7. The number of amides is 2. The highest BCUT2D eigenvalue weighted by Gasteiger charge is 2.34. The van der Waals surface area contributed by atoms with E-state index in [4.69, 9.17) is 0 Å². The second-order valence-corrected chi connectivity index (χ2v) is 9.02. The fourth-order valence-corrected chi connectivity index (χ4v) is 4.98. The van der Waals surface area contributed by atoms with Gasteiger partial charge in [0.2, 0.25) is 11.8 Å². The maximum atomic E-state index is 13.1. The Bertz CT molecular complexity index is 687. The highest BCUT2D eigenvalue weighted by atomic mass is 16.2. The van der Waals surface area contributed by atoms with Crippen molar-refractivity contribution >= 4 is 11.8 Å². The van der Waals surface area contributed by atoms with E-state index in [9.17, 15) is 9.59 Å². The second-order valence-electron chi connectivity index (χ2n) is 9.02. The summed E-state index contributed by atoms with van der Waals surface area (Å²) >= 11 is 0. The average molecular weight is 398 g/mol. The first-order chi connectivity index (χ1) is 14.2. The number of nitrogens with zero attached hydrogens (tertiary/aromatic N) is 2. The van der Waals surface area contributed by atoms with Crippen LogP contribution in [-0.2, 0) is 9.59 Å². The molecule has 1 aromatic rings. The average Bonchev–Trinajstić information content (AvgIpc) is 3.59. The number of hydrogen-bond acceptors (Lipinski definition) is 3. The molecule has 29 heavy (non-hydrogen) atoms. The third-order valence-corrected chi connectivity index (χ3v) is 7.02. The Morgan fingerprint density at radius 2 is 1.62 bits per heavy atom. The molecule has 2 saturated heterocycles. The van der Waals surface area contributed by atoms with E-state index in [0.717, 1.165) is 76.7 Å². The molecule has 0 aromatic heterocycles. The van der Waals surface area contributed by atoms with Gasteiger partial charge in [-0.3, -0.25) is 9.59 Å². The van der Waals surface area contributed by atoms with Crippen LogP contribution in [0, 0.1) is 5.92 Å². The number of carbonyl (C=O) groups is 2. The van der Waals surface area contributed by atoms with Crippen molar-refractivity contribution in [2.45, 2.75) is 69.9 Å². The molecule has 5 heteroatoms. The van der Waals surface area contributed by atoms with Crippen LogP contribution in [0.5, 0.6) is 0 Å². The normalized spacial score (nSPS) is 23.0. The molecule has 1 aliphatic carbocycles. The largest absolute Gasteiger partial charge is 0.353 e. The SMILES string of the molecule is CCC(C(=O)N1CCC(N2CCC(C(=O)NC3CC3)CC2)CC1)c1ccccc1. The number of benzene rings is 1. The molecule has 2 amide bonds. The van der Waals surface area contributed by atoms with Crippen LogP contribution in [0.1, 0.15) is 63.4 Å². The molecule has 3 fully saturated rings. The standard InChI is InChI=1S/C24H35N3O2/c1-2-22(18-6-4-3-5-7-18)24(29)27-16-12-21(13-17-27)26-14-10-19(11-15-26)23(28)25-20-8-9-20/h3-7,19-22H,2,8-17H2,1H3,(H,25,28). The third-order valence-electron chi connectivity index (χ3n) is 7.02. The van der Waals surface area contributed by atoms with E-state index >= 15 is 0 Å². The molecule has 1 unspecified atom stereocenters. The summed E-state index contributed by atoms with van der Waals surface area (Å²) in [7, 11) is 0. The van der Waals surface area contributed by atoms with Crippen molar-refractivity contribution in [1.29, 1.82) is 0 Å². The Kier molecular flexibility index (Phi) is 6.53. The van der Waals surface area contributed by atoms with Gasteiger partial charge in [-0.1, -0.05) is 37.3 Å². The van der Waals surface area contributed by atoms with Gasteiger partial charge >= 0.3 is 0 Å². The highest BCUT2D eigenvalue weighted by Crippen LogP contribution is 2.28. The molecule has 3 aliphatic rings. The number of nitrogens with one attached hydrogen (secondary N) is 1. The zero-order chi connectivity index (χ0) is 20.2. The molecular weight excluding hydrogens is 362 g/mol. The predicted molar refractivity (Wildman–Crippen MR) is 115 cm³/mol. The van der Waals surface area contributed by atoms with Crippen LogP contribution in [-0.4, -0.2) is 59.9 Å². The van der Waals surface area contributed by atoms with Crippen molar-refractivity contribution in [2.24, 2.45) is 5.92 Å². The van der Waals surface area contributed by atoms with Crippen molar-refractivity contribution in [3.8, 4) is 0 Å². The molecule has 1 N–H and O–H groups in total. The van der Waals surface area contributed by atoms with E-state index in [1.807, 2.05) is 18.2 Å². The van der Waals surface area contributed by atoms with Crippen molar-refractivity contribution in [3.63, 3.8) is 0 Å². The lowest BCUT2D eigenvalue weighted by Gasteiger charge is -2.42. The van der Waals surface area contributed by atoms with E-state index in [1.54, 1.807) is 0 Å². The summed E-state index contributed by atoms with van der Waals surface area (Å²) in [5, 5.41) is 3.16. The Balaban J connectivity index is 1.24. The van der Waals surface area contributed by atoms with Gasteiger partial charge in [0.05, 0.1) is 5.92 Å². The lowest BCUT2D eigenvalue weighted by molar-refractivity contribution is -0.135. The van der Waals surface area contributed by atoms with E-state index in [-0.39, 0.29) is 23.7 Å². The molecule has 0 spiro atoms. The summed E-state index contributed by atoms with van der Waals surface area (Å²) in [4.78, 5) is 30.0. The summed E-state index contributed by atoms with van der Waals surface area (Å²) in [5.74, 6) is 0.741. The highest BCUT2D eigenvalue weighted by molar-refractivity contribution is 5.83. The molecule has 0 radical (unpaired) electrons. The summed E-state index contributed by atoms with van der Waals surface area (Å²) in [6, 6.07) is 11.2. The van der Waals surface area contributed by atoms with Gasteiger partial charge in [0.25, 0.3) is 0 Å². The fraction of sp³-hybridized carbons (Fsp3) is 0.667. The third kappa shape index (κ3) is 5.00. The number of hydrogen-bond donors (Lipinski definition) is 1. The van der Waals surface area contributed by atoms with Crippen LogP contribution in [0.4, 0.5) is 0 Å². The van der Waals surface area contributed by atoms with Gasteiger partial charge in [-0.25, -0.2) is 0 Å². The molecule has 158 valence electrons. The Morgan fingerprint density at radius 1 is 0.966 bits per heavy atom. The monoisotopic (exact) mass is 397 g/mol. The lowest BCUT2D eigenvalue weighted by atomic mass is 9.91. The van der Waals surface area contributed by atoms with E-state index in [1.165, 1.54) is 0 Å². The van der Waals surface area contributed by atoms with Crippen LogP contribution in [0.2, 0.25) is 0 Å². The number of piperidine rings is 2. The van der Waals surface area contributed by atoms with Gasteiger partial charge in [0.15, 0.2) is 0 Å². The van der Waals surface area contributed by atoms with Crippen LogP contribution in [0.3, 0.4) is 0 Å². The second kappa shape index (κ2) is 9.29. The van der Waals surface area contributed by atoms with Gasteiger partial charge < -0.3 is 15.1 Å². The van der Waals surface area contributed by atoms with Gasteiger partial charge in [0.1, 0.15) is 0 Å². The topological polar surface area (TPSA) is 52.7 Å². The van der Waals surface area contributed by atoms with Gasteiger partial charge in [-0.15, -0.1) is 0 Å². The molecule has 2 aliphatic heterocycles. The predicted octanol–water partition coefficient (Wildman–Crippen LogP) is 3.16. The van der Waals surface area contributed by atoms with E-state index in [2.05, 4.69) is 34.2 Å². The number of likely N-dealkylation sites (tertiary alicyclic amines) is 2. The van der Waals surface area contributed by atoms with Crippen LogP contribution >= 0.6 is 0 Å². The molecule has 1 saturated carbocycles. The van der Waals surface area contributed by atoms with Crippen molar-refractivity contribution in [1.82, 2.24) is 15.1 Å². The Labute approximate surface area is 174 Å². The number of carbonyl (C=O) groups excluding carboxylic acids is 2. The first kappa shape index (κ1) is 20.4. The van der Waals surface area contributed by atoms with Crippen molar-refractivity contribution in [2.75, 3.05) is 26.2 Å². The molecule has 0 bridgehead atoms. The molecule has 5 nitrogen and oxygen atoms in total. The molecular formula is C24H35N3O2. The Hall–Kier alpha value is -1.88. The molecule has 1 aromatic carbocycles. The summed E-state index contributed by atoms with van der Waals surface area (Å²) in [6.07, 6.45) is 7.22. The minimum Gasteiger partial charge on any atom is -0.353 e. The lowest BCUT2D eigenvalue weighted by Crippen LogP contribution is -2.50. The molecule has 2 heterocycles. The molecule has 1 atom stereocenters. The Morgan fingerprint density at radius 3 is 2.21 bits per heavy atom. The first-order valence-electron chi connectivity index (χ1n) is 11.5. The van der Waals surface area contributed by atoms with Crippen molar-refractivity contribution < 1.29 is 9.59 Å².